The van der Waals surface area contributed by atoms with Crippen LogP contribution in [0.4, 0.5) is 21.7 Å². The van der Waals surface area contributed by atoms with Gasteiger partial charge in [0, 0.05) is 19.3 Å². The minimum atomic E-state index is -0.895. The van der Waals surface area contributed by atoms with Crippen LogP contribution in [0.1, 0.15) is 15.9 Å². The van der Waals surface area contributed by atoms with Gasteiger partial charge in [-0.2, -0.15) is 4.39 Å². The lowest BCUT2D eigenvalue weighted by molar-refractivity contribution is 0.103. The van der Waals surface area contributed by atoms with E-state index in [-0.39, 0.29) is 16.9 Å². The number of carbonyl (C=O) groups excluding carboxylic acids is 1. The molecule has 0 fully saturated rings. The van der Waals surface area contributed by atoms with Crippen LogP contribution in [0.2, 0.25) is 0 Å². The molecule has 146 valence electrons. The molecule has 0 saturated carbocycles. The van der Waals surface area contributed by atoms with Crippen molar-refractivity contribution in [2.45, 2.75) is 0 Å². The minimum absolute atomic E-state index is 0.161. The summed E-state index contributed by atoms with van der Waals surface area (Å²) < 4.78 is 19.8. The fourth-order valence-corrected chi connectivity index (χ4v) is 2.90. The van der Waals surface area contributed by atoms with Crippen molar-refractivity contribution in [3.05, 3.63) is 60.2 Å². The standard InChI is InChI=1S/C19H16FN7O2/c1-21-18-15-13(8-23-19(15)25-9-24-18)16(28)12-3-4-14(27-17(12)20)26-10-5-11(29-2)7-22-6-10/h3-9H,1-2H3,(H,26,27)(H2,21,23,24,25). The van der Waals surface area contributed by atoms with Gasteiger partial charge in [0.05, 0.1) is 41.7 Å². The maximum Gasteiger partial charge on any atom is 0.226 e. The zero-order valence-electron chi connectivity index (χ0n) is 15.5. The smallest absolute Gasteiger partial charge is 0.226 e. The molecule has 9 nitrogen and oxygen atoms in total. The van der Waals surface area contributed by atoms with E-state index in [0.717, 1.165) is 0 Å². The molecule has 4 aromatic rings. The van der Waals surface area contributed by atoms with Gasteiger partial charge in [-0.15, -0.1) is 0 Å². The number of pyridine rings is 2. The van der Waals surface area contributed by atoms with E-state index in [1.807, 2.05) is 0 Å². The van der Waals surface area contributed by atoms with E-state index >= 15 is 0 Å². The number of fused-ring (bicyclic) bond motifs is 1. The van der Waals surface area contributed by atoms with Crippen molar-refractivity contribution in [3.63, 3.8) is 0 Å². The summed E-state index contributed by atoms with van der Waals surface area (Å²) in [5.41, 5.74) is 1.14. The number of nitrogens with zero attached hydrogens (tertiary/aromatic N) is 4. The monoisotopic (exact) mass is 393 g/mol. The van der Waals surface area contributed by atoms with Gasteiger partial charge in [-0.05, 0) is 12.1 Å². The van der Waals surface area contributed by atoms with Crippen molar-refractivity contribution in [3.8, 4) is 5.75 Å². The Morgan fingerprint density at radius 3 is 2.83 bits per heavy atom. The number of ketones is 1. The normalized spacial score (nSPS) is 10.7. The molecular formula is C19H16FN7O2. The van der Waals surface area contributed by atoms with Gasteiger partial charge >= 0.3 is 0 Å². The molecule has 0 aliphatic rings. The molecule has 10 heteroatoms. The molecule has 4 aromatic heterocycles. The molecule has 29 heavy (non-hydrogen) atoms. The SMILES string of the molecule is CNc1ncnc2[nH]cc(C(=O)c3ccc(Nc4cncc(OC)c4)nc3F)c12. The molecule has 3 N–H and O–H groups in total. The molecule has 0 spiro atoms. The number of H-pyrrole nitrogens is 1. The lowest BCUT2D eigenvalue weighted by Gasteiger charge is -2.08. The maximum atomic E-state index is 14.7. The Balaban J connectivity index is 1.65. The van der Waals surface area contributed by atoms with Gasteiger partial charge in [0.2, 0.25) is 5.95 Å². The summed E-state index contributed by atoms with van der Waals surface area (Å²) in [4.78, 5) is 31.9. The Kier molecular flexibility index (Phi) is 4.73. The van der Waals surface area contributed by atoms with Crippen molar-refractivity contribution in [2.24, 2.45) is 0 Å². The predicted molar refractivity (Wildman–Crippen MR) is 105 cm³/mol. The average molecular weight is 393 g/mol. The summed E-state index contributed by atoms with van der Waals surface area (Å²) >= 11 is 0. The van der Waals surface area contributed by atoms with Crippen LogP contribution in [0.3, 0.4) is 0 Å². The first-order chi connectivity index (χ1) is 14.1. The van der Waals surface area contributed by atoms with Gasteiger partial charge in [-0.25, -0.2) is 15.0 Å². The second kappa shape index (κ2) is 7.50. The van der Waals surface area contributed by atoms with Crippen LogP contribution in [0.15, 0.2) is 43.1 Å². The second-order valence-corrected chi connectivity index (χ2v) is 6.00. The number of nitrogens with one attached hydrogen (secondary N) is 3. The zero-order valence-corrected chi connectivity index (χ0v) is 15.5. The summed E-state index contributed by atoms with van der Waals surface area (Å²) in [6.07, 6.45) is 5.95. The first kappa shape index (κ1) is 18.3. The highest BCUT2D eigenvalue weighted by Gasteiger charge is 2.21. The van der Waals surface area contributed by atoms with Gasteiger partial charge < -0.3 is 20.4 Å². The third kappa shape index (κ3) is 3.43. The number of hydrogen-bond donors (Lipinski definition) is 3. The fourth-order valence-electron chi connectivity index (χ4n) is 2.90. The lowest BCUT2D eigenvalue weighted by atomic mass is 10.0. The summed E-state index contributed by atoms with van der Waals surface area (Å²) in [5.74, 6) is -0.177. The Bertz CT molecular complexity index is 1210. The second-order valence-electron chi connectivity index (χ2n) is 6.00. The van der Waals surface area contributed by atoms with Crippen LogP contribution in [0.25, 0.3) is 11.0 Å². The summed E-state index contributed by atoms with van der Waals surface area (Å²) in [6, 6.07) is 4.58. The summed E-state index contributed by atoms with van der Waals surface area (Å²) in [6.45, 7) is 0. The van der Waals surface area contributed by atoms with E-state index in [1.54, 1.807) is 25.5 Å². The van der Waals surface area contributed by atoms with Crippen LogP contribution in [0.5, 0.6) is 5.75 Å². The molecule has 0 radical (unpaired) electrons. The van der Waals surface area contributed by atoms with E-state index in [4.69, 9.17) is 4.74 Å². The molecule has 0 aliphatic carbocycles. The van der Waals surface area contributed by atoms with E-state index in [0.29, 0.717) is 28.3 Å². The highest BCUT2D eigenvalue weighted by molar-refractivity contribution is 6.18. The number of methoxy groups -OCH3 is 1. The number of aromatic amines is 1. The van der Waals surface area contributed by atoms with Crippen LogP contribution < -0.4 is 15.4 Å². The molecule has 4 heterocycles. The van der Waals surface area contributed by atoms with Gasteiger partial charge in [0.1, 0.15) is 29.4 Å². The zero-order chi connectivity index (χ0) is 20.4. The molecule has 0 amide bonds. The van der Waals surface area contributed by atoms with Crippen molar-refractivity contribution >= 4 is 34.1 Å². The van der Waals surface area contributed by atoms with Crippen LogP contribution in [-0.4, -0.2) is 44.9 Å². The Morgan fingerprint density at radius 2 is 2.07 bits per heavy atom. The third-order valence-electron chi connectivity index (χ3n) is 4.27. The summed E-state index contributed by atoms with van der Waals surface area (Å²) in [5, 5.41) is 6.32. The van der Waals surface area contributed by atoms with Crippen LogP contribution >= 0.6 is 0 Å². The van der Waals surface area contributed by atoms with E-state index in [9.17, 15) is 9.18 Å². The van der Waals surface area contributed by atoms with Gasteiger partial charge in [-0.3, -0.25) is 9.78 Å². The average Bonchev–Trinajstić information content (AvgIpc) is 3.18. The number of aromatic nitrogens is 5. The Labute approximate surface area is 164 Å². The molecule has 0 bridgehead atoms. The maximum absolute atomic E-state index is 14.7. The van der Waals surface area contributed by atoms with E-state index in [2.05, 4.69) is 35.6 Å². The first-order valence-electron chi connectivity index (χ1n) is 8.58. The van der Waals surface area contributed by atoms with Crippen LogP contribution in [-0.2, 0) is 0 Å². The minimum Gasteiger partial charge on any atom is -0.495 e. The van der Waals surface area contributed by atoms with E-state index in [1.165, 1.54) is 31.8 Å². The quantitative estimate of drug-likeness (QED) is 0.338. The molecule has 0 unspecified atom stereocenters. The van der Waals surface area contributed by atoms with E-state index < -0.39 is 11.7 Å². The highest BCUT2D eigenvalue weighted by atomic mass is 19.1. The molecular weight excluding hydrogens is 377 g/mol. The van der Waals surface area contributed by atoms with Crippen LogP contribution in [0, 0.1) is 5.95 Å². The Morgan fingerprint density at radius 1 is 1.21 bits per heavy atom. The topological polar surface area (TPSA) is 118 Å². The number of hydrogen-bond acceptors (Lipinski definition) is 8. The van der Waals surface area contributed by atoms with Gasteiger partial charge in [-0.1, -0.05) is 0 Å². The van der Waals surface area contributed by atoms with Crippen molar-refractivity contribution in [1.82, 2.24) is 24.9 Å². The van der Waals surface area contributed by atoms with Crippen molar-refractivity contribution in [2.75, 3.05) is 24.8 Å². The van der Waals surface area contributed by atoms with Crippen molar-refractivity contribution < 1.29 is 13.9 Å². The number of anilines is 3. The number of ether oxygens (including phenoxy) is 1. The number of carbonyl (C=O) groups is 1. The molecule has 0 aliphatic heterocycles. The van der Waals surface area contributed by atoms with Crippen molar-refractivity contribution in [1.29, 1.82) is 0 Å². The first-order valence-corrected chi connectivity index (χ1v) is 8.58. The number of halogens is 1. The van der Waals surface area contributed by atoms with Gasteiger partial charge in [0.25, 0.3) is 0 Å². The lowest BCUT2D eigenvalue weighted by Crippen LogP contribution is -2.08. The molecule has 4 rings (SSSR count). The summed E-state index contributed by atoms with van der Waals surface area (Å²) in [7, 11) is 3.20. The molecule has 0 saturated heterocycles. The van der Waals surface area contributed by atoms with Gasteiger partial charge in [0.15, 0.2) is 5.78 Å². The molecule has 0 aromatic carbocycles. The number of rotatable bonds is 6. The highest BCUT2D eigenvalue weighted by Crippen LogP contribution is 2.26. The fraction of sp³-hybridized carbons (Fsp3) is 0.105. The predicted octanol–water partition coefficient (Wildman–Crippen LogP) is 2.91. The largest absolute Gasteiger partial charge is 0.495 e. The Hall–Kier alpha value is -4.08. The molecule has 0 atom stereocenters. The third-order valence-corrected chi connectivity index (χ3v) is 4.27.